The summed E-state index contributed by atoms with van der Waals surface area (Å²) in [6.07, 6.45) is 7.78. The third-order valence-electron chi connectivity index (χ3n) is 2.69. The van der Waals surface area contributed by atoms with Gasteiger partial charge in [-0.3, -0.25) is 9.59 Å². The van der Waals surface area contributed by atoms with Crippen molar-refractivity contribution in [3.05, 3.63) is 0 Å². The SMILES string of the molecule is CCCCCCCCCC(C(=O)O)C(=O)O.[KH].[NaH]. The van der Waals surface area contributed by atoms with E-state index in [9.17, 15) is 9.59 Å². The molecule has 0 atom stereocenters. The summed E-state index contributed by atoms with van der Waals surface area (Å²) in [6.45, 7) is 2.16. The van der Waals surface area contributed by atoms with Gasteiger partial charge in [-0.2, -0.15) is 0 Å². The molecule has 4 nitrogen and oxygen atoms in total. The van der Waals surface area contributed by atoms with Crippen molar-refractivity contribution in [3.63, 3.8) is 0 Å². The quantitative estimate of drug-likeness (QED) is 0.365. The number of carboxylic acid groups (broad SMARTS) is 2. The molecule has 0 bridgehead atoms. The predicted molar refractivity (Wildman–Crippen MR) is 75.7 cm³/mol. The molecule has 0 aliphatic rings. The van der Waals surface area contributed by atoms with Gasteiger partial charge in [0.1, 0.15) is 0 Å². The van der Waals surface area contributed by atoms with E-state index in [-0.39, 0.29) is 87.4 Å². The van der Waals surface area contributed by atoms with Crippen LogP contribution in [0.3, 0.4) is 0 Å². The number of rotatable bonds is 10. The van der Waals surface area contributed by atoms with Crippen molar-refractivity contribution >= 4 is 92.9 Å². The minimum atomic E-state index is -1.23. The van der Waals surface area contributed by atoms with Crippen LogP contribution < -0.4 is 0 Å². The molecule has 0 unspecified atom stereocenters. The first kappa shape index (κ1) is 24.6. The molecule has 98 valence electrons. The van der Waals surface area contributed by atoms with E-state index in [2.05, 4.69) is 6.92 Å². The Kier molecular flexibility index (Phi) is 22.7. The molecule has 2 N–H and O–H groups in total. The van der Waals surface area contributed by atoms with Gasteiger partial charge >= 0.3 is 92.9 Å². The second kappa shape index (κ2) is 16.6. The van der Waals surface area contributed by atoms with Crippen molar-refractivity contribution in [1.82, 2.24) is 0 Å². The molecule has 0 aromatic rings. The number of carboxylic acids is 2. The molecule has 0 spiro atoms. The second-order valence-corrected chi connectivity index (χ2v) is 4.14. The second-order valence-electron chi connectivity index (χ2n) is 4.14. The summed E-state index contributed by atoms with van der Waals surface area (Å²) < 4.78 is 0. The molecular formula is C12H24KNaO4. The monoisotopic (exact) mass is 294 g/mol. The van der Waals surface area contributed by atoms with Crippen LogP contribution in [0.4, 0.5) is 0 Å². The fraction of sp³-hybridized carbons (Fsp3) is 0.833. The molecule has 0 saturated heterocycles. The summed E-state index contributed by atoms with van der Waals surface area (Å²) in [7, 11) is 0. The molecule has 0 radical (unpaired) electrons. The summed E-state index contributed by atoms with van der Waals surface area (Å²) in [6, 6.07) is 0. The van der Waals surface area contributed by atoms with Crippen LogP contribution in [0.2, 0.25) is 0 Å². The van der Waals surface area contributed by atoms with Crippen LogP contribution in [0.5, 0.6) is 0 Å². The third kappa shape index (κ3) is 14.0. The zero-order valence-corrected chi connectivity index (χ0v) is 9.95. The molecule has 6 heteroatoms. The molecule has 0 fully saturated rings. The fourth-order valence-corrected chi connectivity index (χ4v) is 1.66. The first-order chi connectivity index (χ1) is 7.59. The van der Waals surface area contributed by atoms with Crippen LogP contribution in [0.25, 0.3) is 0 Å². The predicted octanol–water partition coefficient (Wildman–Crippen LogP) is 1.62. The van der Waals surface area contributed by atoms with Gasteiger partial charge in [-0.05, 0) is 6.42 Å². The van der Waals surface area contributed by atoms with E-state index < -0.39 is 17.9 Å². The molecule has 0 rings (SSSR count). The van der Waals surface area contributed by atoms with Gasteiger partial charge in [0.2, 0.25) is 0 Å². The number of carbonyl (C=O) groups is 2. The summed E-state index contributed by atoms with van der Waals surface area (Å²) in [4.78, 5) is 21.1. The Labute approximate surface area is 174 Å². The van der Waals surface area contributed by atoms with Gasteiger partial charge in [0.25, 0.3) is 0 Å². The van der Waals surface area contributed by atoms with Gasteiger partial charge in [-0.15, -0.1) is 0 Å². The van der Waals surface area contributed by atoms with Crippen LogP contribution in [-0.4, -0.2) is 103 Å². The van der Waals surface area contributed by atoms with Crippen molar-refractivity contribution in [2.45, 2.75) is 58.3 Å². The molecular weight excluding hydrogens is 270 g/mol. The van der Waals surface area contributed by atoms with Gasteiger partial charge in [0.05, 0.1) is 0 Å². The standard InChI is InChI=1S/C12H22O4.K.Na.2H/c1-2-3-4-5-6-7-8-9-10(11(13)14)12(15)16;;;;/h10H,2-9H2,1H3,(H,13,14)(H,15,16);;;;. The van der Waals surface area contributed by atoms with Gasteiger partial charge < -0.3 is 10.2 Å². The molecule has 0 aliphatic heterocycles. The molecule has 0 saturated carbocycles. The first-order valence-electron chi connectivity index (χ1n) is 6.05. The average Bonchev–Trinajstić information content (AvgIpc) is 2.21. The number of aliphatic carboxylic acids is 2. The third-order valence-corrected chi connectivity index (χ3v) is 2.69. The van der Waals surface area contributed by atoms with Crippen LogP contribution in [0.1, 0.15) is 58.3 Å². The molecule has 0 aliphatic carbocycles. The van der Waals surface area contributed by atoms with Crippen molar-refractivity contribution < 1.29 is 19.8 Å². The summed E-state index contributed by atoms with van der Waals surface area (Å²) in [5, 5.41) is 17.3. The molecule has 0 aromatic carbocycles. The number of hydrogen-bond acceptors (Lipinski definition) is 2. The first-order valence-corrected chi connectivity index (χ1v) is 6.05. The van der Waals surface area contributed by atoms with Gasteiger partial charge in [-0.1, -0.05) is 51.9 Å². The molecule has 0 aromatic heterocycles. The molecule has 0 amide bonds. The van der Waals surface area contributed by atoms with Crippen LogP contribution in [-0.2, 0) is 9.59 Å². The fourth-order valence-electron chi connectivity index (χ4n) is 1.66. The zero-order chi connectivity index (χ0) is 12.4. The summed E-state index contributed by atoms with van der Waals surface area (Å²) >= 11 is 0. The van der Waals surface area contributed by atoms with Crippen molar-refractivity contribution in [2.24, 2.45) is 5.92 Å². The minimum absolute atomic E-state index is 0. The normalized spacial score (nSPS) is 9.44. The van der Waals surface area contributed by atoms with Gasteiger partial charge in [-0.25, -0.2) is 0 Å². The molecule has 18 heavy (non-hydrogen) atoms. The van der Waals surface area contributed by atoms with E-state index in [0.29, 0.717) is 6.42 Å². The number of hydrogen-bond donors (Lipinski definition) is 2. The van der Waals surface area contributed by atoms with Crippen LogP contribution >= 0.6 is 0 Å². The zero-order valence-electron chi connectivity index (χ0n) is 9.95. The van der Waals surface area contributed by atoms with Gasteiger partial charge in [0.15, 0.2) is 5.92 Å². The van der Waals surface area contributed by atoms with Crippen molar-refractivity contribution in [2.75, 3.05) is 0 Å². The Bertz CT molecular complexity index is 210. The van der Waals surface area contributed by atoms with E-state index in [4.69, 9.17) is 10.2 Å². The summed E-state index contributed by atoms with van der Waals surface area (Å²) in [5.74, 6) is -3.67. The maximum atomic E-state index is 10.6. The number of unbranched alkanes of at least 4 members (excludes halogenated alkanes) is 6. The summed E-state index contributed by atoms with van der Waals surface area (Å²) in [5.41, 5.74) is 0. The topological polar surface area (TPSA) is 74.6 Å². The Hall–Kier alpha value is 1.58. The van der Waals surface area contributed by atoms with E-state index in [1.54, 1.807) is 0 Å². The van der Waals surface area contributed by atoms with Gasteiger partial charge in [0, 0.05) is 0 Å². The van der Waals surface area contributed by atoms with E-state index in [1.165, 1.54) is 25.7 Å². The average molecular weight is 294 g/mol. The van der Waals surface area contributed by atoms with E-state index in [0.717, 1.165) is 12.8 Å². The van der Waals surface area contributed by atoms with E-state index in [1.807, 2.05) is 0 Å². The molecule has 0 heterocycles. The Balaban J connectivity index is -0.00000112. The van der Waals surface area contributed by atoms with Crippen molar-refractivity contribution in [3.8, 4) is 0 Å². The van der Waals surface area contributed by atoms with Crippen molar-refractivity contribution in [1.29, 1.82) is 0 Å². The van der Waals surface area contributed by atoms with E-state index >= 15 is 0 Å². The Morgan fingerprint density at radius 1 is 0.889 bits per heavy atom. The van der Waals surface area contributed by atoms with Crippen LogP contribution in [0.15, 0.2) is 0 Å². The Morgan fingerprint density at radius 2 is 1.28 bits per heavy atom. The Morgan fingerprint density at radius 3 is 1.67 bits per heavy atom. The maximum absolute atomic E-state index is 10.6. The van der Waals surface area contributed by atoms with Crippen LogP contribution in [0, 0.1) is 5.92 Å².